The van der Waals surface area contributed by atoms with Gasteiger partial charge in [-0.2, -0.15) is 0 Å². The zero-order valence-electron chi connectivity index (χ0n) is 10.6. The molecule has 2 rings (SSSR count). The lowest BCUT2D eigenvalue weighted by atomic mass is 10.4. The number of hydrogen-bond donors (Lipinski definition) is 0. The Morgan fingerprint density at radius 1 is 1.61 bits per heavy atom. The second kappa shape index (κ2) is 5.20. The predicted octanol–water partition coefficient (Wildman–Crippen LogP) is 0.577. The minimum Gasteiger partial charge on any atom is -0.469 e. The lowest BCUT2D eigenvalue weighted by molar-refractivity contribution is -0.140. The van der Waals surface area contributed by atoms with Crippen molar-refractivity contribution in [3.63, 3.8) is 0 Å². The van der Waals surface area contributed by atoms with Gasteiger partial charge < -0.3 is 14.2 Å². The number of esters is 1. The van der Waals surface area contributed by atoms with E-state index in [1.54, 1.807) is 28.9 Å². The molecular formula is C12H17N3O3. The van der Waals surface area contributed by atoms with Crippen LogP contribution in [0.5, 0.6) is 0 Å². The number of anilines is 1. The van der Waals surface area contributed by atoms with E-state index in [4.69, 9.17) is 0 Å². The normalized spacial score (nSPS) is 14.3. The van der Waals surface area contributed by atoms with Gasteiger partial charge in [0, 0.05) is 32.0 Å². The number of carbonyl (C=O) groups excluding carboxylic acids is 1. The average Bonchev–Trinajstić information content (AvgIpc) is 3.20. The number of aromatic nitrogens is 2. The third kappa shape index (κ3) is 2.69. The summed E-state index contributed by atoms with van der Waals surface area (Å²) in [7, 11) is 3.10. The van der Waals surface area contributed by atoms with Crippen LogP contribution < -0.4 is 10.5 Å². The van der Waals surface area contributed by atoms with Gasteiger partial charge in [0.15, 0.2) is 5.82 Å². The summed E-state index contributed by atoms with van der Waals surface area (Å²) < 4.78 is 6.29. The molecule has 0 unspecified atom stereocenters. The minimum atomic E-state index is -0.291. The molecule has 1 aliphatic carbocycles. The van der Waals surface area contributed by atoms with Crippen LogP contribution in [0.4, 0.5) is 5.82 Å². The van der Waals surface area contributed by atoms with E-state index in [0.717, 1.165) is 12.8 Å². The largest absolute Gasteiger partial charge is 0.469 e. The molecule has 6 heteroatoms. The van der Waals surface area contributed by atoms with Gasteiger partial charge >= 0.3 is 5.97 Å². The van der Waals surface area contributed by atoms with Crippen molar-refractivity contribution in [2.45, 2.75) is 25.3 Å². The highest BCUT2D eigenvalue weighted by Crippen LogP contribution is 2.33. The van der Waals surface area contributed by atoms with E-state index in [1.165, 1.54) is 7.11 Å². The highest BCUT2D eigenvalue weighted by atomic mass is 16.5. The molecule has 98 valence electrons. The van der Waals surface area contributed by atoms with Crippen LogP contribution in [0.2, 0.25) is 0 Å². The Bertz CT molecular complexity index is 494. The molecule has 0 aromatic carbocycles. The monoisotopic (exact) mass is 251 g/mol. The number of ether oxygens (including phenoxy) is 1. The zero-order chi connectivity index (χ0) is 13.1. The number of methoxy groups -OCH3 is 1. The maximum atomic E-state index is 12.1. The fourth-order valence-corrected chi connectivity index (χ4v) is 1.78. The Morgan fingerprint density at radius 3 is 2.94 bits per heavy atom. The molecule has 0 spiro atoms. The van der Waals surface area contributed by atoms with Gasteiger partial charge in [0.05, 0.1) is 13.5 Å². The summed E-state index contributed by atoms with van der Waals surface area (Å²) in [5.74, 6) is 0.0913. The quantitative estimate of drug-likeness (QED) is 0.716. The van der Waals surface area contributed by atoms with E-state index in [1.807, 2.05) is 0 Å². The second-order valence-corrected chi connectivity index (χ2v) is 4.44. The molecule has 1 aromatic rings. The van der Waals surface area contributed by atoms with Gasteiger partial charge in [-0.1, -0.05) is 0 Å². The minimum absolute atomic E-state index is 0.0904. The smallest absolute Gasteiger partial charge is 0.307 e. The van der Waals surface area contributed by atoms with Crippen molar-refractivity contribution in [1.29, 1.82) is 0 Å². The van der Waals surface area contributed by atoms with Gasteiger partial charge in [-0.3, -0.25) is 9.59 Å². The van der Waals surface area contributed by atoms with Crippen molar-refractivity contribution in [1.82, 2.24) is 9.55 Å². The lowest BCUT2D eigenvalue weighted by Gasteiger charge is -2.17. The van der Waals surface area contributed by atoms with Crippen LogP contribution in [-0.2, 0) is 9.53 Å². The standard InChI is InChI=1S/C12H17N3O3/c1-14(7-5-10(16)18-2)11-12(17)15(8-6-13-11)9-3-4-9/h6,8-9H,3-5,7H2,1-2H3. The van der Waals surface area contributed by atoms with Gasteiger partial charge in [-0.05, 0) is 12.8 Å². The van der Waals surface area contributed by atoms with Gasteiger partial charge in [0.2, 0.25) is 0 Å². The van der Waals surface area contributed by atoms with Gasteiger partial charge in [0.25, 0.3) is 5.56 Å². The molecule has 18 heavy (non-hydrogen) atoms. The topological polar surface area (TPSA) is 64.4 Å². The summed E-state index contributed by atoms with van der Waals surface area (Å²) in [6.07, 6.45) is 5.69. The molecule has 1 aliphatic rings. The Balaban J connectivity index is 2.10. The van der Waals surface area contributed by atoms with Crippen molar-refractivity contribution in [3.8, 4) is 0 Å². The Morgan fingerprint density at radius 2 is 2.33 bits per heavy atom. The molecule has 1 saturated carbocycles. The van der Waals surface area contributed by atoms with Crippen molar-refractivity contribution >= 4 is 11.8 Å². The first kappa shape index (κ1) is 12.6. The van der Waals surface area contributed by atoms with E-state index in [2.05, 4.69) is 9.72 Å². The highest BCUT2D eigenvalue weighted by molar-refractivity contribution is 5.69. The summed E-state index contributed by atoms with van der Waals surface area (Å²) in [6, 6.07) is 0.327. The van der Waals surface area contributed by atoms with Crippen LogP contribution in [0.25, 0.3) is 0 Å². The van der Waals surface area contributed by atoms with Gasteiger partial charge in [-0.15, -0.1) is 0 Å². The molecule has 0 bridgehead atoms. The molecule has 0 atom stereocenters. The fourth-order valence-electron chi connectivity index (χ4n) is 1.78. The van der Waals surface area contributed by atoms with E-state index < -0.39 is 0 Å². The second-order valence-electron chi connectivity index (χ2n) is 4.44. The van der Waals surface area contributed by atoms with Gasteiger partial charge in [-0.25, -0.2) is 4.98 Å². The summed E-state index contributed by atoms with van der Waals surface area (Å²) >= 11 is 0. The molecule has 0 aliphatic heterocycles. The molecule has 1 aromatic heterocycles. The van der Waals surface area contributed by atoms with Crippen molar-refractivity contribution in [3.05, 3.63) is 22.7 Å². The van der Waals surface area contributed by atoms with Crippen molar-refractivity contribution in [2.75, 3.05) is 25.6 Å². The lowest BCUT2D eigenvalue weighted by Crippen LogP contribution is -2.31. The summed E-state index contributed by atoms with van der Waals surface area (Å²) in [4.78, 5) is 29.0. The summed E-state index contributed by atoms with van der Waals surface area (Å²) in [5, 5.41) is 0. The molecule has 0 N–H and O–H groups in total. The maximum Gasteiger partial charge on any atom is 0.307 e. The van der Waals surface area contributed by atoms with Crippen LogP contribution in [0.15, 0.2) is 17.2 Å². The van der Waals surface area contributed by atoms with Crippen molar-refractivity contribution < 1.29 is 9.53 Å². The van der Waals surface area contributed by atoms with Gasteiger partial charge in [0.1, 0.15) is 0 Å². The molecule has 0 radical (unpaired) electrons. The number of nitrogens with zero attached hydrogens (tertiary/aromatic N) is 3. The van der Waals surface area contributed by atoms with Crippen molar-refractivity contribution in [2.24, 2.45) is 0 Å². The first-order valence-electron chi connectivity index (χ1n) is 5.98. The van der Waals surface area contributed by atoms with E-state index in [-0.39, 0.29) is 17.9 Å². The third-order valence-corrected chi connectivity index (χ3v) is 3.03. The molecule has 1 fully saturated rings. The fraction of sp³-hybridized carbons (Fsp3) is 0.583. The first-order valence-corrected chi connectivity index (χ1v) is 5.98. The number of hydrogen-bond acceptors (Lipinski definition) is 5. The summed E-state index contributed by atoms with van der Waals surface area (Å²) in [5.41, 5.74) is -0.0904. The van der Waals surface area contributed by atoms with Crippen LogP contribution in [0, 0.1) is 0 Å². The van der Waals surface area contributed by atoms with Crippen LogP contribution in [0.3, 0.4) is 0 Å². The Hall–Kier alpha value is -1.85. The summed E-state index contributed by atoms with van der Waals surface area (Å²) in [6.45, 7) is 0.420. The molecule has 0 amide bonds. The van der Waals surface area contributed by atoms with E-state index >= 15 is 0 Å². The number of carbonyl (C=O) groups is 1. The third-order valence-electron chi connectivity index (χ3n) is 3.03. The molecule has 0 saturated heterocycles. The molecular weight excluding hydrogens is 234 g/mol. The Kier molecular flexibility index (Phi) is 3.64. The molecule has 6 nitrogen and oxygen atoms in total. The Labute approximate surface area is 105 Å². The maximum absolute atomic E-state index is 12.1. The zero-order valence-corrected chi connectivity index (χ0v) is 10.6. The van der Waals surface area contributed by atoms with Crippen LogP contribution in [-0.4, -0.2) is 36.2 Å². The van der Waals surface area contributed by atoms with E-state index in [0.29, 0.717) is 18.4 Å². The SMILES string of the molecule is COC(=O)CCN(C)c1nccn(C2CC2)c1=O. The molecule has 1 heterocycles. The average molecular weight is 251 g/mol. The van der Waals surface area contributed by atoms with Crippen LogP contribution in [0.1, 0.15) is 25.3 Å². The highest BCUT2D eigenvalue weighted by Gasteiger charge is 2.25. The van der Waals surface area contributed by atoms with E-state index in [9.17, 15) is 9.59 Å². The predicted molar refractivity (Wildman–Crippen MR) is 66.7 cm³/mol. The number of rotatable bonds is 5. The first-order chi connectivity index (χ1) is 8.63. The van der Waals surface area contributed by atoms with Crippen LogP contribution >= 0.6 is 0 Å².